The molecule has 1 nitrogen and oxygen atoms in total. The van der Waals surface area contributed by atoms with E-state index in [1.807, 2.05) is 0 Å². The quantitative estimate of drug-likeness (QED) is 0.668. The van der Waals surface area contributed by atoms with Crippen LogP contribution >= 0.6 is 0 Å². The summed E-state index contributed by atoms with van der Waals surface area (Å²) in [5.41, 5.74) is 2.75. The van der Waals surface area contributed by atoms with Crippen molar-refractivity contribution >= 4 is 0 Å². The molecule has 2 fully saturated rings. The molecule has 2 saturated carbocycles. The van der Waals surface area contributed by atoms with Gasteiger partial charge in [-0.05, 0) is 50.9 Å². The van der Waals surface area contributed by atoms with Gasteiger partial charge in [0.2, 0.25) is 0 Å². The summed E-state index contributed by atoms with van der Waals surface area (Å²) in [6.45, 7) is 12.7. The first-order valence-electron chi connectivity index (χ1n) is 6.46. The molecule has 0 radical (unpaired) electrons. The number of rotatable bonds is 1. The van der Waals surface area contributed by atoms with Gasteiger partial charge in [0.1, 0.15) is 0 Å². The van der Waals surface area contributed by atoms with Crippen LogP contribution < -0.4 is 0 Å². The second kappa shape index (κ2) is 4.03. The standard InChI is InChI=1S/C15H24O/c1-10(2)12-7-8-15(4)13(9-12)11(3)5-6-14(15)16/h12-14,16H,1,3,5-9H2,2,4H3/t12-,13+,14-,15-/m1/s1. The molecule has 0 aromatic carbocycles. The van der Waals surface area contributed by atoms with Crippen molar-refractivity contribution in [3.8, 4) is 0 Å². The molecule has 0 aromatic rings. The number of hydrogen-bond donors (Lipinski definition) is 1. The van der Waals surface area contributed by atoms with Crippen LogP contribution in [0.25, 0.3) is 0 Å². The van der Waals surface area contributed by atoms with E-state index in [1.54, 1.807) is 0 Å². The summed E-state index contributed by atoms with van der Waals surface area (Å²) in [6.07, 6.45) is 5.24. The van der Waals surface area contributed by atoms with Crippen molar-refractivity contribution in [2.75, 3.05) is 0 Å². The summed E-state index contributed by atoms with van der Waals surface area (Å²) < 4.78 is 0. The van der Waals surface area contributed by atoms with Gasteiger partial charge in [-0.3, -0.25) is 0 Å². The van der Waals surface area contributed by atoms with Gasteiger partial charge in [0.15, 0.2) is 0 Å². The van der Waals surface area contributed by atoms with Crippen LogP contribution in [0.4, 0.5) is 0 Å². The molecule has 0 aliphatic heterocycles. The minimum atomic E-state index is -0.130. The first kappa shape index (κ1) is 11.9. The fraction of sp³-hybridized carbons (Fsp3) is 0.733. The lowest BCUT2D eigenvalue weighted by molar-refractivity contribution is -0.0505. The Kier molecular flexibility index (Phi) is 3.00. The fourth-order valence-electron chi connectivity index (χ4n) is 3.64. The highest BCUT2D eigenvalue weighted by molar-refractivity contribution is 5.17. The lowest BCUT2D eigenvalue weighted by Crippen LogP contribution is -2.47. The zero-order chi connectivity index (χ0) is 11.9. The Hall–Kier alpha value is -0.560. The van der Waals surface area contributed by atoms with Gasteiger partial charge in [0, 0.05) is 5.41 Å². The number of allylic oxidation sites excluding steroid dienone is 2. The Labute approximate surface area is 99.3 Å². The number of aliphatic hydroxyl groups is 1. The second-order valence-electron chi connectivity index (χ2n) is 6.09. The Morgan fingerprint density at radius 1 is 1.44 bits per heavy atom. The van der Waals surface area contributed by atoms with Gasteiger partial charge in [-0.1, -0.05) is 31.2 Å². The van der Waals surface area contributed by atoms with E-state index in [-0.39, 0.29) is 11.5 Å². The summed E-state index contributed by atoms with van der Waals surface area (Å²) >= 11 is 0. The molecule has 0 unspecified atom stereocenters. The molecule has 2 rings (SSSR count). The van der Waals surface area contributed by atoms with Gasteiger partial charge < -0.3 is 5.11 Å². The van der Waals surface area contributed by atoms with Crippen molar-refractivity contribution in [1.82, 2.24) is 0 Å². The molecule has 0 amide bonds. The van der Waals surface area contributed by atoms with E-state index in [0.717, 1.165) is 25.7 Å². The van der Waals surface area contributed by atoms with Crippen molar-refractivity contribution in [2.45, 2.75) is 52.1 Å². The average molecular weight is 220 g/mol. The van der Waals surface area contributed by atoms with E-state index < -0.39 is 0 Å². The third kappa shape index (κ3) is 1.75. The number of aliphatic hydroxyl groups excluding tert-OH is 1. The predicted molar refractivity (Wildman–Crippen MR) is 68.1 cm³/mol. The number of fused-ring (bicyclic) bond motifs is 1. The molecule has 0 bridgehead atoms. The predicted octanol–water partition coefficient (Wildman–Crippen LogP) is 3.70. The topological polar surface area (TPSA) is 20.2 Å². The zero-order valence-corrected chi connectivity index (χ0v) is 10.6. The molecule has 0 spiro atoms. The van der Waals surface area contributed by atoms with Crippen LogP contribution in [0.5, 0.6) is 0 Å². The highest BCUT2D eigenvalue weighted by Gasteiger charge is 2.48. The molecule has 0 aromatic heterocycles. The molecule has 4 atom stereocenters. The summed E-state index contributed by atoms with van der Waals surface area (Å²) in [4.78, 5) is 0. The van der Waals surface area contributed by atoms with Crippen LogP contribution in [0.15, 0.2) is 24.3 Å². The molecule has 0 saturated heterocycles. The Morgan fingerprint density at radius 2 is 2.12 bits per heavy atom. The normalized spacial score (nSPS) is 43.9. The fourth-order valence-corrected chi connectivity index (χ4v) is 3.64. The van der Waals surface area contributed by atoms with E-state index >= 15 is 0 Å². The minimum absolute atomic E-state index is 0.0846. The van der Waals surface area contributed by atoms with Gasteiger partial charge in [-0.25, -0.2) is 0 Å². The van der Waals surface area contributed by atoms with Crippen LogP contribution in [0.1, 0.15) is 46.0 Å². The van der Waals surface area contributed by atoms with Gasteiger partial charge in [0.25, 0.3) is 0 Å². The van der Waals surface area contributed by atoms with E-state index in [4.69, 9.17) is 0 Å². The van der Waals surface area contributed by atoms with Crippen molar-refractivity contribution in [3.63, 3.8) is 0 Å². The SMILES string of the molecule is C=C(C)[C@@H]1CC[C@@]2(C)[C@H](O)CCC(=C)[C@@H]2C1. The lowest BCUT2D eigenvalue weighted by Gasteiger charge is -2.51. The van der Waals surface area contributed by atoms with Crippen LogP contribution in [0.2, 0.25) is 0 Å². The summed E-state index contributed by atoms with van der Waals surface area (Å²) in [7, 11) is 0. The maximum Gasteiger partial charge on any atom is 0.0602 e. The Balaban J connectivity index is 2.21. The van der Waals surface area contributed by atoms with Gasteiger partial charge in [0.05, 0.1) is 6.10 Å². The van der Waals surface area contributed by atoms with Gasteiger partial charge in [-0.2, -0.15) is 0 Å². The monoisotopic (exact) mass is 220 g/mol. The van der Waals surface area contributed by atoms with Crippen molar-refractivity contribution < 1.29 is 5.11 Å². The highest BCUT2D eigenvalue weighted by atomic mass is 16.3. The lowest BCUT2D eigenvalue weighted by atomic mass is 9.55. The zero-order valence-electron chi connectivity index (χ0n) is 10.6. The minimum Gasteiger partial charge on any atom is -0.393 e. The molecule has 2 aliphatic rings. The molecule has 90 valence electrons. The second-order valence-corrected chi connectivity index (χ2v) is 6.09. The smallest absolute Gasteiger partial charge is 0.0602 e. The highest BCUT2D eigenvalue weighted by Crippen LogP contribution is 2.54. The maximum absolute atomic E-state index is 10.2. The molecular weight excluding hydrogens is 196 g/mol. The average Bonchev–Trinajstić information content (AvgIpc) is 2.24. The Bertz CT molecular complexity index is 317. The first-order valence-corrected chi connectivity index (χ1v) is 6.46. The molecule has 1 N–H and O–H groups in total. The van der Waals surface area contributed by atoms with E-state index in [2.05, 4.69) is 27.0 Å². The Morgan fingerprint density at radius 3 is 2.75 bits per heavy atom. The van der Waals surface area contributed by atoms with Crippen LogP contribution in [0, 0.1) is 17.3 Å². The summed E-state index contributed by atoms with van der Waals surface area (Å²) in [6, 6.07) is 0. The molecule has 1 heteroatoms. The van der Waals surface area contributed by atoms with Crippen molar-refractivity contribution in [1.29, 1.82) is 0 Å². The van der Waals surface area contributed by atoms with E-state index in [0.29, 0.717) is 11.8 Å². The summed E-state index contributed by atoms with van der Waals surface area (Å²) in [5, 5.41) is 10.2. The molecule has 16 heavy (non-hydrogen) atoms. The third-order valence-corrected chi connectivity index (χ3v) is 5.04. The largest absolute Gasteiger partial charge is 0.393 e. The van der Waals surface area contributed by atoms with E-state index in [9.17, 15) is 5.11 Å². The maximum atomic E-state index is 10.2. The van der Waals surface area contributed by atoms with Crippen LogP contribution in [-0.4, -0.2) is 11.2 Å². The van der Waals surface area contributed by atoms with Crippen LogP contribution in [0.3, 0.4) is 0 Å². The number of hydrogen-bond acceptors (Lipinski definition) is 1. The first-order chi connectivity index (χ1) is 7.45. The van der Waals surface area contributed by atoms with Gasteiger partial charge in [-0.15, -0.1) is 0 Å². The summed E-state index contributed by atoms with van der Waals surface area (Å²) in [5.74, 6) is 1.15. The van der Waals surface area contributed by atoms with Gasteiger partial charge >= 0.3 is 0 Å². The van der Waals surface area contributed by atoms with Crippen molar-refractivity contribution in [3.05, 3.63) is 24.3 Å². The van der Waals surface area contributed by atoms with Crippen molar-refractivity contribution in [2.24, 2.45) is 17.3 Å². The molecule has 0 heterocycles. The molecule has 2 aliphatic carbocycles. The van der Waals surface area contributed by atoms with E-state index in [1.165, 1.54) is 17.6 Å². The van der Waals surface area contributed by atoms with Crippen LogP contribution in [-0.2, 0) is 0 Å². The third-order valence-electron chi connectivity index (χ3n) is 5.04. The molecular formula is C15H24O.